The second kappa shape index (κ2) is 5.98. The fourth-order valence-electron chi connectivity index (χ4n) is 2.97. The van der Waals surface area contributed by atoms with Gasteiger partial charge in [-0.05, 0) is 13.0 Å². The highest BCUT2D eigenvalue weighted by Crippen LogP contribution is 2.37. The van der Waals surface area contributed by atoms with Gasteiger partial charge in [0.1, 0.15) is 0 Å². The number of halogens is 1. The van der Waals surface area contributed by atoms with Crippen LogP contribution in [0.25, 0.3) is 0 Å². The van der Waals surface area contributed by atoms with Gasteiger partial charge in [0.25, 0.3) is 11.4 Å². The lowest BCUT2D eigenvalue weighted by atomic mass is 9.99. The molecule has 0 saturated heterocycles. The van der Waals surface area contributed by atoms with Gasteiger partial charge in [0.05, 0.1) is 23.2 Å². The van der Waals surface area contributed by atoms with E-state index in [1.807, 2.05) is 0 Å². The average molecular weight is 373 g/mol. The molecule has 1 heterocycles. The molecule has 132 valence electrons. The van der Waals surface area contributed by atoms with E-state index in [0.29, 0.717) is 10.6 Å². The Hall–Kier alpha value is -2.61. The third-order valence-corrected chi connectivity index (χ3v) is 4.56. The van der Waals surface area contributed by atoms with Crippen molar-refractivity contribution in [3.05, 3.63) is 75.8 Å². The zero-order valence-corrected chi connectivity index (χ0v) is 14.8. The minimum atomic E-state index is -2.15. The molecule has 26 heavy (non-hydrogen) atoms. The predicted octanol–water partition coefficient (Wildman–Crippen LogP) is 2.94. The topological polar surface area (TPSA) is 92.8 Å². The number of benzodiazepines with no additional fused rings is 1. The van der Waals surface area contributed by atoms with Gasteiger partial charge in [-0.25, -0.2) is 14.3 Å². The lowest BCUT2D eigenvalue weighted by Crippen LogP contribution is -2.54. The third-order valence-electron chi connectivity index (χ3n) is 4.23. The number of aliphatic imine (C=N–C) groups is 1. The van der Waals surface area contributed by atoms with E-state index in [2.05, 4.69) is 4.99 Å². The number of hydrogen-bond donors (Lipinski definition) is 1. The molecule has 1 aliphatic heterocycles. The average Bonchev–Trinajstić information content (AvgIpc) is 2.63. The van der Waals surface area contributed by atoms with Gasteiger partial charge in [0, 0.05) is 28.8 Å². The molecule has 0 aliphatic carbocycles. The monoisotopic (exact) mass is 372 g/mol. The number of nitro benzene ring substituents is 1. The van der Waals surface area contributed by atoms with Crippen molar-refractivity contribution in [2.75, 3.05) is 7.05 Å². The first-order chi connectivity index (χ1) is 12.1. The van der Waals surface area contributed by atoms with Crippen LogP contribution in [0, 0.1) is 17.2 Å². The Morgan fingerprint density at radius 2 is 1.92 bits per heavy atom. The van der Waals surface area contributed by atoms with E-state index in [4.69, 9.17) is 18.6 Å². The summed E-state index contributed by atoms with van der Waals surface area (Å²) in [6, 6.07) is 10.6. The maximum Gasteiger partial charge on any atom is 0.373 e. The van der Waals surface area contributed by atoms with Gasteiger partial charge >= 0.3 is 5.91 Å². The molecule has 2 aromatic rings. The molecule has 2 unspecified atom stereocenters. The summed E-state index contributed by atoms with van der Waals surface area (Å²) in [7, 11) is 7.55. The van der Waals surface area contributed by atoms with Crippen LogP contribution in [0.5, 0.6) is 0 Å². The molecule has 2 radical (unpaired) electrons. The molecule has 2 atom stereocenters. The lowest BCUT2D eigenvalue weighted by Gasteiger charge is -2.28. The number of fused-ring (bicyclic) bond motifs is 1. The number of non-ortho nitro benzene ring substituents is 1. The van der Waals surface area contributed by atoms with Crippen molar-refractivity contribution in [3.63, 3.8) is 0 Å². The summed E-state index contributed by atoms with van der Waals surface area (Å²) in [5.41, 5.74) is -1.25. The number of benzene rings is 2. The summed E-state index contributed by atoms with van der Waals surface area (Å²) < 4.78 is -0.822. The van der Waals surface area contributed by atoms with Gasteiger partial charge in [-0.2, -0.15) is 0 Å². The predicted molar refractivity (Wildman–Crippen MR) is 97.8 cm³/mol. The van der Waals surface area contributed by atoms with Crippen molar-refractivity contribution in [2.24, 2.45) is 4.99 Å². The number of quaternary nitrogens is 1. The fourth-order valence-corrected chi connectivity index (χ4v) is 3.19. The number of likely N-dealkylation sites (N-methyl/N-ethyl adjacent to an activating group) is 1. The first kappa shape index (κ1) is 18.2. The summed E-state index contributed by atoms with van der Waals surface area (Å²) in [5, 5.41) is 22.2. The van der Waals surface area contributed by atoms with Crippen molar-refractivity contribution >= 4 is 34.6 Å². The first-order valence-electron chi connectivity index (χ1n) is 7.62. The smallest absolute Gasteiger partial charge is 0.359 e. The molecule has 8 heteroatoms. The van der Waals surface area contributed by atoms with Crippen LogP contribution in [0.3, 0.4) is 0 Å². The SMILES string of the molecule is [CH][N+]1(C)C(=O)C(C)(O)N=C(c2ccccc2Cl)c2cc([N+](=O)[O-])ccc21. The molecule has 7 nitrogen and oxygen atoms in total. The van der Waals surface area contributed by atoms with Gasteiger partial charge < -0.3 is 5.11 Å². The van der Waals surface area contributed by atoms with Crippen LogP contribution in [0.2, 0.25) is 5.02 Å². The zero-order valence-electron chi connectivity index (χ0n) is 14.0. The summed E-state index contributed by atoms with van der Waals surface area (Å²) in [6.45, 7) is 1.22. The van der Waals surface area contributed by atoms with Crippen molar-refractivity contribution in [1.29, 1.82) is 0 Å². The van der Waals surface area contributed by atoms with Crippen LogP contribution in [-0.2, 0) is 4.79 Å². The standard InChI is InChI=1S/C18H15ClN3O4/c1-18(24)17(23)22(2,3)15-9-8-11(21(25)26)10-13(15)16(20-18)12-6-4-5-7-14(12)19/h2,4-10,24H,1,3H3/q+1. The Morgan fingerprint density at radius 3 is 2.54 bits per heavy atom. The molecule has 2 aromatic carbocycles. The number of rotatable bonds is 2. The molecule has 0 spiro atoms. The van der Waals surface area contributed by atoms with E-state index in [9.17, 15) is 20.0 Å². The third kappa shape index (κ3) is 2.80. The van der Waals surface area contributed by atoms with E-state index in [1.54, 1.807) is 24.3 Å². The number of aliphatic hydroxyl groups is 1. The number of carbonyl (C=O) groups is 1. The second-order valence-electron chi connectivity index (χ2n) is 6.30. The minimum Gasteiger partial charge on any atom is -0.359 e. The van der Waals surface area contributed by atoms with Crippen molar-refractivity contribution < 1.29 is 14.8 Å². The number of nitrogens with zero attached hydrogens (tertiary/aromatic N) is 3. The summed E-state index contributed by atoms with van der Waals surface area (Å²) in [5.74, 6) is -0.783. The van der Waals surface area contributed by atoms with E-state index >= 15 is 0 Å². The molecular formula is C18H15ClN3O4+. The molecule has 0 saturated carbocycles. The number of carbonyl (C=O) groups excluding carboxylic acids is 1. The van der Waals surface area contributed by atoms with E-state index in [1.165, 1.54) is 32.2 Å². The van der Waals surface area contributed by atoms with Crippen LogP contribution in [0.15, 0.2) is 47.5 Å². The Balaban J connectivity index is 2.42. The van der Waals surface area contributed by atoms with Crippen LogP contribution in [0.1, 0.15) is 18.1 Å². The summed E-state index contributed by atoms with van der Waals surface area (Å²) in [6.07, 6.45) is 0. The minimum absolute atomic E-state index is 0.153. The normalized spacial score (nSPS) is 21.6. The maximum atomic E-state index is 12.8. The Labute approximate surface area is 154 Å². The van der Waals surface area contributed by atoms with Crippen molar-refractivity contribution in [2.45, 2.75) is 12.6 Å². The van der Waals surface area contributed by atoms with Gasteiger partial charge in [-0.3, -0.25) is 10.1 Å². The van der Waals surface area contributed by atoms with Gasteiger partial charge in [0.2, 0.25) is 7.05 Å². The van der Waals surface area contributed by atoms with Crippen LogP contribution in [0.4, 0.5) is 11.4 Å². The van der Waals surface area contributed by atoms with E-state index < -0.39 is 21.0 Å². The second-order valence-corrected chi connectivity index (χ2v) is 6.71. The largest absolute Gasteiger partial charge is 0.373 e. The lowest BCUT2D eigenvalue weighted by molar-refractivity contribution is -0.384. The van der Waals surface area contributed by atoms with Gasteiger partial charge in [-0.15, -0.1) is 0 Å². The summed E-state index contributed by atoms with van der Waals surface area (Å²) in [4.78, 5) is 27.6. The van der Waals surface area contributed by atoms with Gasteiger partial charge in [0.15, 0.2) is 5.69 Å². The van der Waals surface area contributed by atoms with Crippen LogP contribution < -0.4 is 4.48 Å². The molecule has 1 aliphatic rings. The van der Waals surface area contributed by atoms with Crippen molar-refractivity contribution in [1.82, 2.24) is 4.48 Å². The molecule has 0 bridgehead atoms. The van der Waals surface area contributed by atoms with Gasteiger partial charge in [-0.1, -0.05) is 29.8 Å². The zero-order chi connectivity index (χ0) is 19.3. The Bertz CT molecular complexity index is 967. The molecule has 0 fully saturated rings. The first-order valence-corrected chi connectivity index (χ1v) is 8.00. The Morgan fingerprint density at radius 1 is 1.27 bits per heavy atom. The molecular weight excluding hydrogens is 358 g/mol. The molecule has 1 N–H and O–H groups in total. The highest BCUT2D eigenvalue weighted by atomic mass is 35.5. The number of hydrogen-bond acceptors (Lipinski definition) is 5. The Kier molecular flexibility index (Phi) is 4.18. The van der Waals surface area contributed by atoms with E-state index in [-0.39, 0.29) is 22.6 Å². The molecule has 0 aromatic heterocycles. The highest BCUT2D eigenvalue weighted by molar-refractivity contribution is 6.36. The van der Waals surface area contributed by atoms with Crippen LogP contribution in [-0.4, -0.2) is 34.4 Å². The highest BCUT2D eigenvalue weighted by Gasteiger charge is 2.49. The summed E-state index contributed by atoms with van der Waals surface area (Å²) >= 11 is 6.26. The molecule has 1 amide bonds. The quantitative estimate of drug-likeness (QED) is 0.498. The maximum absolute atomic E-state index is 12.8. The number of amides is 1. The molecule has 3 rings (SSSR count). The van der Waals surface area contributed by atoms with Crippen LogP contribution >= 0.6 is 11.6 Å². The number of nitro groups is 1. The van der Waals surface area contributed by atoms with Crippen molar-refractivity contribution in [3.8, 4) is 0 Å². The van der Waals surface area contributed by atoms with E-state index in [0.717, 1.165) is 0 Å². The fraction of sp³-hybridized carbons (Fsp3) is 0.167.